The molecule has 0 spiro atoms. The van der Waals surface area contributed by atoms with Gasteiger partial charge in [-0.3, -0.25) is 0 Å². The monoisotopic (exact) mass is 202 g/mol. The molecule has 0 amide bonds. The highest BCUT2D eigenvalue weighted by atomic mass is 14.1. The fraction of sp³-hybridized carbons (Fsp3) is 1.00. The Labute approximate surface area is 93.5 Å². The Morgan fingerprint density at radius 2 is 1.00 bits per heavy atom. The molecule has 0 heterocycles. The summed E-state index contributed by atoms with van der Waals surface area (Å²) in [5.41, 5.74) is 0. The van der Waals surface area contributed by atoms with Crippen molar-refractivity contribution in [2.75, 3.05) is 0 Å². The highest BCUT2D eigenvalue weighted by Gasteiger charge is 2.05. The molecule has 0 rings (SSSR count). The highest BCUT2D eigenvalue weighted by Crippen LogP contribution is 2.16. The zero-order valence-electron chi connectivity index (χ0n) is 10.7. The van der Waals surface area contributed by atoms with E-state index in [1.165, 1.54) is 32.1 Å². The maximum absolute atomic E-state index is 2.33. The van der Waals surface area contributed by atoms with Gasteiger partial charge in [0.1, 0.15) is 0 Å². The largest absolute Gasteiger partial charge is 0.0776 e. The zero-order chi connectivity index (χ0) is 10.7. The van der Waals surface area contributed by atoms with Crippen LogP contribution in [0.3, 0.4) is 0 Å². The number of unbranched alkanes of at least 4 members (excludes halogenated alkanes) is 2. The van der Waals surface area contributed by atoms with Crippen molar-refractivity contribution >= 4 is 0 Å². The van der Waals surface area contributed by atoms with Crippen molar-refractivity contribution < 1.29 is 0 Å². The second kappa shape index (κ2) is 15.5. The molecule has 0 aliphatic heterocycles. The third kappa shape index (κ3) is 14.5. The second-order valence-electron chi connectivity index (χ2n) is 4.12. The quantitative estimate of drug-likeness (QED) is 0.520. The normalized spacial score (nSPS) is 13.3. The van der Waals surface area contributed by atoms with E-state index in [-0.39, 0.29) is 7.43 Å². The third-order valence-electron chi connectivity index (χ3n) is 2.97. The third-order valence-corrected chi connectivity index (χ3v) is 2.97. The molecule has 0 bridgehead atoms. The van der Waals surface area contributed by atoms with E-state index in [0.29, 0.717) is 0 Å². The van der Waals surface area contributed by atoms with Crippen LogP contribution in [-0.2, 0) is 0 Å². The van der Waals surface area contributed by atoms with Crippen molar-refractivity contribution in [1.29, 1.82) is 0 Å². The Morgan fingerprint density at radius 3 is 1.07 bits per heavy atom. The smallest absolute Gasteiger partial charge is 0.0420 e. The van der Waals surface area contributed by atoms with Gasteiger partial charge in [-0.2, -0.15) is 0 Å². The standard InChI is InChI=1S/C8H18.C5H12.CH4/c1-5-7(3)8(4)6-2;1-3-5-4-2;/h7-8H,5-6H2,1-4H3;3-5H2,1-2H3;1H4. The molecule has 90 valence electrons. The van der Waals surface area contributed by atoms with Gasteiger partial charge in [-0.15, -0.1) is 0 Å². The maximum atomic E-state index is 2.33. The molecule has 0 saturated heterocycles. The average molecular weight is 202 g/mol. The first-order valence-electron chi connectivity index (χ1n) is 6.13. The van der Waals surface area contributed by atoms with Crippen LogP contribution in [0.2, 0.25) is 0 Å². The summed E-state index contributed by atoms with van der Waals surface area (Å²) in [6, 6.07) is 0. The molecule has 0 fully saturated rings. The van der Waals surface area contributed by atoms with Crippen LogP contribution in [0, 0.1) is 11.8 Å². The molecule has 0 aromatic heterocycles. The minimum absolute atomic E-state index is 0. The van der Waals surface area contributed by atoms with Gasteiger partial charge in [0.2, 0.25) is 0 Å². The Bertz CT molecular complexity index is 66.1. The first-order chi connectivity index (χ1) is 6.13. The number of hydrogen-bond donors (Lipinski definition) is 0. The van der Waals surface area contributed by atoms with Gasteiger partial charge >= 0.3 is 0 Å². The Hall–Kier alpha value is 0. The van der Waals surface area contributed by atoms with Crippen molar-refractivity contribution in [3.8, 4) is 0 Å². The second-order valence-corrected chi connectivity index (χ2v) is 4.12. The lowest BCUT2D eigenvalue weighted by molar-refractivity contribution is 0.367. The van der Waals surface area contributed by atoms with E-state index < -0.39 is 0 Å². The lowest BCUT2D eigenvalue weighted by Crippen LogP contribution is -2.04. The molecular weight excluding hydrogens is 168 g/mol. The van der Waals surface area contributed by atoms with Gasteiger partial charge in [0.25, 0.3) is 0 Å². The van der Waals surface area contributed by atoms with Gasteiger partial charge in [0.15, 0.2) is 0 Å². The van der Waals surface area contributed by atoms with Crippen LogP contribution in [0.5, 0.6) is 0 Å². The summed E-state index contributed by atoms with van der Waals surface area (Å²) in [4.78, 5) is 0. The Morgan fingerprint density at radius 1 is 0.714 bits per heavy atom. The summed E-state index contributed by atoms with van der Waals surface area (Å²) in [6.45, 7) is 13.6. The summed E-state index contributed by atoms with van der Waals surface area (Å²) in [7, 11) is 0. The van der Waals surface area contributed by atoms with Crippen LogP contribution in [0.15, 0.2) is 0 Å². The molecule has 0 aliphatic rings. The van der Waals surface area contributed by atoms with E-state index in [2.05, 4.69) is 41.5 Å². The molecule has 0 aromatic rings. The van der Waals surface area contributed by atoms with Gasteiger partial charge in [-0.25, -0.2) is 0 Å². The zero-order valence-corrected chi connectivity index (χ0v) is 10.7. The lowest BCUT2D eigenvalue weighted by atomic mass is 9.92. The molecule has 0 N–H and O–H groups in total. The van der Waals surface area contributed by atoms with Crippen molar-refractivity contribution in [2.24, 2.45) is 11.8 Å². The molecule has 0 radical (unpaired) electrons. The molecule has 0 saturated carbocycles. The molecule has 2 atom stereocenters. The van der Waals surface area contributed by atoms with Gasteiger partial charge in [0.05, 0.1) is 0 Å². The fourth-order valence-electron chi connectivity index (χ4n) is 1.16. The van der Waals surface area contributed by atoms with Gasteiger partial charge in [0, 0.05) is 0 Å². The van der Waals surface area contributed by atoms with Crippen LogP contribution in [0.25, 0.3) is 0 Å². The number of rotatable bonds is 5. The van der Waals surface area contributed by atoms with E-state index in [0.717, 1.165) is 11.8 Å². The van der Waals surface area contributed by atoms with Crippen molar-refractivity contribution in [1.82, 2.24) is 0 Å². The Balaban J connectivity index is -0.000000177. The van der Waals surface area contributed by atoms with Crippen LogP contribution >= 0.6 is 0 Å². The summed E-state index contributed by atoms with van der Waals surface area (Å²) in [5.74, 6) is 1.83. The van der Waals surface area contributed by atoms with Gasteiger partial charge in [-0.1, -0.05) is 81.1 Å². The number of hydrogen-bond acceptors (Lipinski definition) is 0. The molecule has 0 aromatic carbocycles. The van der Waals surface area contributed by atoms with Crippen LogP contribution in [0.4, 0.5) is 0 Å². The highest BCUT2D eigenvalue weighted by molar-refractivity contribution is 4.56. The minimum Gasteiger partial charge on any atom is -0.0776 e. The molecule has 0 heteroatoms. The summed E-state index contributed by atoms with van der Waals surface area (Å²) < 4.78 is 0. The summed E-state index contributed by atoms with van der Waals surface area (Å²) >= 11 is 0. The first-order valence-corrected chi connectivity index (χ1v) is 6.13. The first kappa shape index (κ1) is 19.6. The summed E-state index contributed by atoms with van der Waals surface area (Å²) in [6.07, 6.45) is 6.73. The fourth-order valence-corrected chi connectivity index (χ4v) is 1.16. The van der Waals surface area contributed by atoms with Crippen LogP contribution < -0.4 is 0 Å². The van der Waals surface area contributed by atoms with Crippen LogP contribution in [-0.4, -0.2) is 0 Å². The predicted octanol–water partition coefficient (Wildman–Crippen LogP) is 5.91. The lowest BCUT2D eigenvalue weighted by Gasteiger charge is -2.14. The van der Waals surface area contributed by atoms with Gasteiger partial charge < -0.3 is 0 Å². The van der Waals surface area contributed by atoms with Gasteiger partial charge in [-0.05, 0) is 11.8 Å². The van der Waals surface area contributed by atoms with E-state index >= 15 is 0 Å². The van der Waals surface area contributed by atoms with E-state index in [1.807, 2.05) is 0 Å². The Kier molecular flexibility index (Phi) is 21.6. The maximum Gasteiger partial charge on any atom is -0.0420 e. The van der Waals surface area contributed by atoms with Crippen molar-refractivity contribution in [3.05, 3.63) is 0 Å². The molecule has 0 nitrogen and oxygen atoms in total. The molecular formula is C14H34. The minimum atomic E-state index is 0. The van der Waals surface area contributed by atoms with Crippen molar-refractivity contribution in [2.45, 2.75) is 81.1 Å². The van der Waals surface area contributed by atoms with Crippen molar-refractivity contribution in [3.63, 3.8) is 0 Å². The van der Waals surface area contributed by atoms with E-state index in [1.54, 1.807) is 0 Å². The molecule has 2 unspecified atom stereocenters. The molecule has 14 heavy (non-hydrogen) atoms. The topological polar surface area (TPSA) is 0 Å². The van der Waals surface area contributed by atoms with E-state index in [9.17, 15) is 0 Å². The molecule has 0 aliphatic carbocycles. The SMILES string of the molecule is C.CCC(C)C(C)CC.CCCCC. The van der Waals surface area contributed by atoms with E-state index in [4.69, 9.17) is 0 Å². The predicted molar refractivity (Wildman–Crippen MR) is 70.8 cm³/mol. The summed E-state index contributed by atoms with van der Waals surface area (Å²) in [5, 5.41) is 0. The average Bonchev–Trinajstić information content (AvgIpc) is 2.17. The van der Waals surface area contributed by atoms with Crippen LogP contribution in [0.1, 0.15) is 81.1 Å².